The molecular weight excluding hydrogens is 280 g/mol. The van der Waals surface area contributed by atoms with Gasteiger partial charge in [0.1, 0.15) is 0 Å². The number of hydrogen-bond donors (Lipinski definition) is 2. The molecule has 0 aliphatic carbocycles. The summed E-state index contributed by atoms with van der Waals surface area (Å²) >= 11 is 1.58. The quantitative estimate of drug-likeness (QED) is 0.817. The van der Waals surface area contributed by atoms with E-state index in [1.807, 2.05) is 26.8 Å². The van der Waals surface area contributed by atoms with E-state index in [4.69, 9.17) is 0 Å². The summed E-state index contributed by atoms with van der Waals surface area (Å²) in [5.41, 5.74) is 1.18. The van der Waals surface area contributed by atoms with E-state index in [2.05, 4.69) is 49.6 Å². The fraction of sp³-hybridized carbons (Fsp3) is 0.588. The molecule has 0 atom stereocenters. The molecular formula is C17H28N2OS. The summed E-state index contributed by atoms with van der Waals surface area (Å²) < 4.78 is 0. The highest BCUT2D eigenvalue weighted by atomic mass is 32.2. The Hall–Kier alpha value is -1.00. The van der Waals surface area contributed by atoms with Gasteiger partial charge < -0.3 is 10.6 Å². The molecule has 1 rings (SSSR count). The molecule has 0 saturated carbocycles. The molecule has 0 aromatic heterocycles. The van der Waals surface area contributed by atoms with Crippen LogP contribution in [0.3, 0.4) is 0 Å². The molecule has 1 amide bonds. The standard InChI is InChI=1S/C17H28N2OS/c1-16(2,3)18-11-13-8-7-9-14(10-13)21-12-15(20)19-17(4,5)6/h7-10,18H,11-12H2,1-6H3,(H,19,20). The summed E-state index contributed by atoms with van der Waals surface area (Å²) in [6.45, 7) is 13.3. The van der Waals surface area contributed by atoms with Gasteiger partial charge in [-0.25, -0.2) is 0 Å². The predicted octanol–water partition coefficient (Wildman–Crippen LogP) is 3.58. The minimum atomic E-state index is -0.171. The van der Waals surface area contributed by atoms with Crippen molar-refractivity contribution >= 4 is 17.7 Å². The molecule has 1 aromatic rings. The van der Waals surface area contributed by atoms with E-state index in [-0.39, 0.29) is 17.0 Å². The molecule has 0 spiro atoms. The van der Waals surface area contributed by atoms with Crippen LogP contribution in [-0.2, 0) is 11.3 Å². The van der Waals surface area contributed by atoms with E-state index in [1.54, 1.807) is 11.8 Å². The lowest BCUT2D eigenvalue weighted by Crippen LogP contribution is -2.41. The Morgan fingerprint density at radius 2 is 1.76 bits per heavy atom. The maximum absolute atomic E-state index is 11.8. The van der Waals surface area contributed by atoms with E-state index in [0.29, 0.717) is 5.75 Å². The summed E-state index contributed by atoms with van der Waals surface area (Å²) in [5.74, 6) is 0.527. The number of benzene rings is 1. The Labute approximate surface area is 133 Å². The van der Waals surface area contributed by atoms with E-state index in [0.717, 1.165) is 11.4 Å². The van der Waals surface area contributed by atoms with Crippen LogP contribution in [0.4, 0.5) is 0 Å². The first-order chi connectivity index (χ1) is 9.55. The van der Waals surface area contributed by atoms with Crippen molar-refractivity contribution < 1.29 is 4.79 Å². The average molecular weight is 308 g/mol. The van der Waals surface area contributed by atoms with Crippen molar-refractivity contribution in [1.29, 1.82) is 0 Å². The fourth-order valence-electron chi connectivity index (χ4n) is 1.72. The van der Waals surface area contributed by atoms with Crippen LogP contribution in [0.5, 0.6) is 0 Å². The topological polar surface area (TPSA) is 41.1 Å². The highest BCUT2D eigenvalue weighted by Crippen LogP contribution is 2.19. The molecule has 0 saturated heterocycles. The number of thioether (sulfide) groups is 1. The van der Waals surface area contributed by atoms with Gasteiger partial charge in [-0.1, -0.05) is 12.1 Å². The maximum atomic E-state index is 11.8. The first kappa shape index (κ1) is 18.1. The number of amides is 1. The van der Waals surface area contributed by atoms with Crippen molar-refractivity contribution in [2.75, 3.05) is 5.75 Å². The fourth-order valence-corrected chi connectivity index (χ4v) is 2.50. The zero-order valence-corrected chi connectivity index (χ0v) is 14.9. The average Bonchev–Trinajstić information content (AvgIpc) is 2.32. The van der Waals surface area contributed by atoms with Crippen LogP contribution in [0.2, 0.25) is 0 Å². The van der Waals surface area contributed by atoms with Gasteiger partial charge >= 0.3 is 0 Å². The SMILES string of the molecule is CC(C)(C)NCc1cccc(SCC(=O)NC(C)(C)C)c1. The van der Waals surface area contributed by atoms with Crippen LogP contribution < -0.4 is 10.6 Å². The lowest BCUT2D eigenvalue weighted by atomic mass is 10.1. The second-order valence-electron chi connectivity index (χ2n) is 7.34. The molecule has 118 valence electrons. The van der Waals surface area contributed by atoms with Crippen LogP contribution in [0.25, 0.3) is 0 Å². The van der Waals surface area contributed by atoms with E-state index in [1.165, 1.54) is 5.56 Å². The number of carbonyl (C=O) groups is 1. The number of carbonyl (C=O) groups excluding carboxylic acids is 1. The van der Waals surface area contributed by atoms with Crippen molar-refractivity contribution in [3.63, 3.8) is 0 Å². The van der Waals surface area contributed by atoms with Crippen LogP contribution >= 0.6 is 11.8 Å². The van der Waals surface area contributed by atoms with E-state index >= 15 is 0 Å². The lowest BCUT2D eigenvalue weighted by Gasteiger charge is -2.21. The van der Waals surface area contributed by atoms with Crippen molar-refractivity contribution in [2.45, 2.75) is 64.1 Å². The molecule has 0 heterocycles. The monoisotopic (exact) mass is 308 g/mol. The number of nitrogens with one attached hydrogen (secondary N) is 2. The molecule has 0 bridgehead atoms. The molecule has 0 unspecified atom stereocenters. The zero-order chi connectivity index (χ0) is 16.1. The summed E-state index contributed by atoms with van der Waals surface area (Å²) in [4.78, 5) is 13.0. The van der Waals surface area contributed by atoms with Gasteiger partial charge in [0, 0.05) is 22.5 Å². The van der Waals surface area contributed by atoms with Gasteiger partial charge in [0.2, 0.25) is 5.91 Å². The van der Waals surface area contributed by atoms with Crippen molar-refractivity contribution in [3.05, 3.63) is 29.8 Å². The van der Waals surface area contributed by atoms with Gasteiger partial charge in [0.25, 0.3) is 0 Å². The summed E-state index contributed by atoms with van der Waals surface area (Å²) in [6, 6.07) is 8.35. The Morgan fingerprint density at radius 1 is 1.10 bits per heavy atom. The number of hydrogen-bond acceptors (Lipinski definition) is 3. The number of rotatable bonds is 5. The molecule has 0 radical (unpaired) electrons. The van der Waals surface area contributed by atoms with Crippen LogP contribution in [0.15, 0.2) is 29.2 Å². The van der Waals surface area contributed by atoms with Gasteiger partial charge in [-0.05, 0) is 59.2 Å². The minimum Gasteiger partial charge on any atom is -0.351 e. The molecule has 0 fully saturated rings. The van der Waals surface area contributed by atoms with Crippen molar-refractivity contribution in [3.8, 4) is 0 Å². The van der Waals surface area contributed by atoms with Gasteiger partial charge in [-0.3, -0.25) is 4.79 Å². The molecule has 21 heavy (non-hydrogen) atoms. The predicted molar refractivity (Wildman–Crippen MR) is 91.7 cm³/mol. The molecule has 4 heteroatoms. The molecule has 2 N–H and O–H groups in total. The Morgan fingerprint density at radius 3 is 2.33 bits per heavy atom. The van der Waals surface area contributed by atoms with Crippen molar-refractivity contribution in [2.24, 2.45) is 0 Å². The van der Waals surface area contributed by atoms with Gasteiger partial charge in [0.15, 0.2) is 0 Å². The largest absolute Gasteiger partial charge is 0.351 e. The molecule has 0 aliphatic heterocycles. The first-order valence-corrected chi connectivity index (χ1v) is 8.31. The Balaban J connectivity index is 2.51. The highest BCUT2D eigenvalue weighted by molar-refractivity contribution is 8.00. The van der Waals surface area contributed by atoms with Crippen LogP contribution in [-0.4, -0.2) is 22.7 Å². The third-order valence-electron chi connectivity index (χ3n) is 2.61. The van der Waals surface area contributed by atoms with Gasteiger partial charge in [-0.2, -0.15) is 0 Å². The van der Waals surface area contributed by atoms with E-state index < -0.39 is 0 Å². The third-order valence-corrected chi connectivity index (χ3v) is 3.60. The summed E-state index contributed by atoms with van der Waals surface area (Å²) in [6.07, 6.45) is 0. The minimum absolute atomic E-state index is 0.0747. The maximum Gasteiger partial charge on any atom is 0.230 e. The Kier molecular flexibility index (Phi) is 6.29. The molecule has 3 nitrogen and oxygen atoms in total. The van der Waals surface area contributed by atoms with Crippen LogP contribution in [0.1, 0.15) is 47.1 Å². The summed E-state index contributed by atoms with van der Waals surface area (Å²) in [5, 5.41) is 6.45. The van der Waals surface area contributed by atoms with Gasteiger partial charge in [-0.15, -0.1) is 11.8 Å². The first-order valence-electron chi connectivity index (χ1n) is 7.33. The highest BCUT2D eigenvalue weighted by Gasteiger charge is 2.14. The zero-order valence-electron chi connectivity index (χ0n) is 14.0. The second kappa shape index (κ2) is 7.32. The van der Waals surface area contributed by atoms with Crippen molar-refractivity contribution in [1.82, 2.24) is 10.6 Å². The third kappa shape index (κ3) is 8.79. The van der Waals surface area contributed by atoms with Crippen LogP contribution in [0, 0.1) is 0 Å². The van der Waals surface area contributed by atoms with E-state index in [9.17, 15) is 4.79 Å². The summed E-state index contributed by atoms with van der Waals surface area (Å²) in [7, 11) is 0. The normalized spacial score (nSPS) is 12.3. The molecule has 0 aliphatic rings. The Bertz CT molecular complexity index is 472. The second-order valence-corrected chi connectivity index (χ2v) is 8.39. The smallest absolute Gasteiger partial charge is 0.230 e. The lowest BCUT2D eigenvalue weighted by molar-refractivity contribution is -0.119. The van der Waals surface area contributed by atoms with Gasteiger partial charge in [0.05, 0.1) is 5.75 Å². The molecule has 1 aromatic carbocycles.